The second kappa shape index (κ2) is 9.30. The number of aromatic amines is 2. The van der Waals surface area contributed by atoms with Gasteiger partial charge in [-0.15, -0.1) is 0 Å². The summed E-state index contributed by atoms with van der Waals surface area (Å²) in [5.41, 5.74) is 10.7. The van der Waals surface area contributed by atoms with Gasteiger partial charge in [-0.3, -0.25) is 9.59 Å². The number of rotatable bonds is 7. The van der Waals surface area contributed by atoms with Crippen LogP contribution in [-0.2, 0) is 9.59 Å². The summed E-state index contributed by atoms with van der Waals surface area (Å²) in [5.74, 6) is -0.685. The highest BCUT2D eigenvalue weighted by molar-refractivity contribution is 6.01. The SMILES string of the molecule is Cc1[nH]c2ccccc2c1/C=N\NC(=O)CCC(=O)N/N=C\c1c(C)[nH]c2ccccc12. The van der Waals surface area contributed by atoms with E-state index in [1.165, 1.54) is 0 Å². The first-order valence-corrected chi connectivity index (χ1v) is 10.3. The number of hydrogen-bond acceptors (Lipinski definition) is 4. The Morgan fingerprint density at radius 3 is 1.59 bits per heavy atom. The number of H-pyrrole nitrogens is 2. The van der Waals surface area contributed by atoms with Gasteiger partial charge in [0.25, 0.3) is 0 Å². The van der Waals surface area contributed by atoms with Crippen LogP contribution in [0.2, 0.25) is 0 Å². The van der Waals surface area contributed by atoms with Gasteiger partial charge in [-0.25, -0.2) is 10.9 Å². The van der Waals surface area contributed by atoms with Gasteiger partial charge >= 0.3 is 0 Å². The third-order valence-corrected chi connectivity index (χ3v) is 5.23. The molecular formula is C24H24N6O2. The molecule has 0 aliphatic carbocycles. The minimum absolute atomic E-state index is 0.0116. The summed E-state index contributed by atoms with van der Waals surface area (Å²) in [6.45, 7) is 3.90. The van der Waals surface area contributed by atoms with Gasteiger partial charge in [-0.05, 0) is 26.0 Å². The maximum absolute atomic E-state index is 12.0. The van der Waals surface area contributed by atoms with Gasteiger partial charge in [-0.1, -0.05) is 36.4 Å². The molecule has 0 aliphatic heterocycles. The largest absolute Gasteiger partial charge is 0.358 e. The number of benzene rings is 2. The van der Waals surface area contributed by atoms with E-state index in [9.17, 15) is 9.59 Å². The number of nitrogens with zero attached hydrogens (tertiary/aromatic N) is 2. The molecule has 0 spiro atoms. The predicted octanol–water partition coefficient (Wildman–Crippen LogP) is 3.65. The number of carbonyl (C=O) groups excluding carboxylic acids is 2. The number of hydrazone groups is 2. The van der Waals surface area contributed by atoms with Crippen LogP contribution in [-0.4, -0.2) is 34.2 Å². The standard InChI is InChI=1S/C24H24N6O2/c1-15-19(17-7-3-5-9-21(17)27-15)13-25-29-23(31)11-12-24(32)30-26-14-20-16(2)28-22-10-6-4-8-18(20)22/h3-10,13-14,27-28H,11-12H2,1-2H3,(H,29,31)(H,30,32)/b25-13-,26-14-. The molecule has 2 aromatic carbocycles. The highest BCUT2D eigenvalue weighted by atomic mass is 16.2. The second-order valence-corrected chi connectivity index (χ2v) is 7.50. The van der Waals surface area contributed by atoms with Crippen LogP contribution < -0.4 is 10.9 Å². The fourth-order valence-corrected chi connectivity index (χ4v) is 3.61. The summed E-state index contributed by atoms with van der Waals surface area (Å²) in [6, 6.07) is 15.8. The number of para-hydroxylation sites is 2. The molecule has 0 unspecified atom stereocenters. The summed E-state index contributed by atoms with van der Waals surface area (Å²) in [7, 11) is 0. The highest BCUT2D eigenvalue weighted by Crippen LogP contribution is 2.20. The molecule has 0 bridgehead atoms. The van der Waals surface area contributed by atoms with Crippen molar-refractivity contribution >= 4 is 46.0 Å². The first-order chi connectivity index (χ1) is 15.5. The van der Waals surface area contributed by atoms with Gasteiger partial charge in [0.15, 0.2) is 0 Å². The third kappa shape index (κ3) is 4.59. The van der Waals surface area contributed by atoms with Crippen molar-refractivity contribution in [3.63, 3.8) is 0 Å². The Kier molecular flexibility index (Phi) is 6.12. The Morgan fingerprint density at radius 1 is 0.750 bits per heavy atom. The van der Waals surface area contributed by atoms with E-state index in [-0.39, 0.29) is 24.7 Å². The Labute approximate surface area is 184 Å². The molecule has 2 amide bonds. The number of aryl methyl sites for hydroxylation is 2. The lowest BCUT2D eigenvalue weighted by molar-refractivity contribution is -0.126. The molecule has 8 heteroatoms. The minimum atomic E-state index is -0.342. The smallest absolute Gasteiger partial charge is 0.240 e. The van der Waals surface area contributed by atoms with Crippen LogP contribution in [0, 0.1) is 13.8 Å². The Balaban J connectivity index is 1.26. The van der Waals surface area contributed by atoms with Gasteiger partial charge in [0.05, 0.1) is 12.4 Å². The molecule has 0 fully saturated rings. The van der Waals surface area contributed by atoms with Crippen LogP contribution in [0.5, 0.6) is 0 Å². The fourth-order valence-electron chi connectivity index (χ4n) is 3.61. The molecule has 4 N–H and O–H groups in total. The lowest BCUT2D eigenvalue weighted by Gasteiger charge is -2.00. The van der Waals surface area contributed by atoms with Crippen LogP contribution >= 0.6 is 0 Å². The molecule has 8 nitrogen and oxygen atoms in total. The minimum Gasteiger partial charge on any atom is -0.358 e. The molecule has 162 valence electrons. The molecule has 4 rings (SSSR count). The number of nitrogens with one attached hydrogen (secondary N) is 4. The molecular weight excluding hydrogens is 404 g/mol. The molecule has 2 aromatic heterocycles. The van der Waals surface area contributed by atoms with E-state index in [1.54, 1.807) is 12.4 Å². The van der Waals surface area contributed by atoms with Crippen LogP contribution in [0.3, 0.4) is 0 Å². The van der Waals surface area contributed by atoms with E-state index in [4.69, 9.17) is 0 Å². The number of aromatic nitrogens is 2. The number of fused-ring (bicyclic) bond motifs is 2. The maximum Gasteiger partial charge on any atom is 0.240 e. The lowest BCUT2D eigenvalue weighted by atomic mass is 10.1. The van der Waals surface area contributed by atoms with Crippen molar-refractivity contribution in [2.45, 2.75) is 26.7 Å². The second-order valence-electron chi connectivity index (χ2n) is 7.50. The van der Waals surface area contributed by atoms with Crippen molar-refractivity contribution in [2.24, 2.45) is 10.2 Å². The molecule has 4 aromatic rings. The zero-order valence-corrected chi connectivity index (χ0v) is 17.9. The van der Waals surface area contributed by atoms with Crippen molar-refractivity contribution < 1.29 is 9.59 Å². The third-order valence-electron chi connectivity index (χ3n) is 5.23. The highest BCUT2D eigenvalue weighted by Gasteiger charge is 2.08. The Hall–Kier alpha value is -4.20. The monoisotopic (exact) mass is 428 g/mol. The van der Waals surface area contributed by atoms with Crippen LogP contribution in [0.1, 0.15) is 35.4 Å². The first-order valence-electron chi connectivity index (χ1n) is 10.3. The van der Waals surface area contributed by atoms with Crippen LogP contribution in [0.15, 0.2) is 58.7 Å². The van der Waals surface area contributed by atoms with Crippen molar-refractivity contribution in [1.29, 1.82) is 0 Å². The van der Waals surface area contributed by atoms with E-state index in [0.29, 0.717) is 0 Å². The predicted molar refractivity (Wildman–Crippen MR) is 127 cm³/mol. The number of hydrogen-bond donors (Lipinski definition) is 4. The molecule has 0 saturated carbocycles. The average molecular weight is 428 g/mol. The number of amides is 2. The molecule has 32 heavy (non-hydrogen) atoms. The van der Waals surface area contributed by atoms with Gasteiger partial charge in [0.1, 0.15) is 0 Å². The van der Waals surface area contributed by atoms with E-state index < -0.39 is 0 Å². The van der Waals surface area contributed by atoms with Crippen molar-refractivity contribution in [2.75, 3.05) is 0 Å². The van der Waals surface area contributed by atoms with E-state index in [0.717, 1.165) is 44.3 Å². The molecule has 2 heterocycles. The Morgan fingerprint density at radius 2 is 1.16 bits per heavy atom. The van der Waals surface area contributed by atoms with E-state index in [2.05, 4.69) is 31.0 Å². The topological polar surface area (TPSA) is 114 Å². The van der Waals surface area contributed by atoms with E-state index in [1.807, 2.05) is 62.4 Å². The molecule has 0 radical (unpaired) electrons. The summed E-state index contributed by atoms with van der Waals surface area (Å²) in [6.07, 6.45) is 3.25. The van der Waals surface area contributed by atoms with E-state index >= 15 is 0 Å². The van der Waals surface area contributed by atoms with Gasteiger partial charge in [-0.2, -0.15) is 10.2 Å². The van der Waals surface area contributed by atoms with Crippen molar-refractivity contribution in [1.82, 2.24) is 20.8 Å². The summed E-state index contributed by atoms with van der Waals surface area (Å²) >= 11 is 0. The zero-order valence-electron chi connectivity index (χ0n) is 17.9. The molecule has 0 saturated heterocycles. The maximum atomic E-state index is 12.0. The van der Waals surface area contributed by atoms with Gasteiger partial charge in [0, 0.05) is 57.2 Å². The Bertz CT molecular complexity index is 1240. The quantitative estimate of drug-likeness (QED) is 0.266. The lowest BCUT2D eigenvalue weighted by Crippen LogP contribution is -2.22. The van der Waals surface area contributed by atoms with Crippen molar-refractivity contribution in [3.8, 4) is 0 Å². The molecule has 0 aliphatic rings. The van der Waals surface area contributed by atoms with Crippen molar-refractivity contribution in [3.05, 3.63) is 71.0 Å². The number of carbonyl (C=O) groups is 2. The van der Waals surface area contributed by atoms with Crippen LogP contribution in [0.4, 0.5) is 0 Å². The normalized spacial score (nSPS) is 11.7. The summed E-state index contributed by atoms with van der Waals surface area (Å²) < 4.78 is 0. The van der Waals surface area contributed by atoms with Gasteiger partial charge in [0.2, 0.25) is 11.8 Å². The summed E-state index contributed by atoms with van der Waals surface area (Å²) in [4.78, 5) is 30.6. The van der Waals surface area contributed by atoms with Gasteiger partial charge < -0.3 is 9.97 Å². The zero-order chi connectivity index (χ0) is 22.5. The summed E-state index contributed by atoms with van der Waals surface area (Å²) in [5, 5.41) is 10.1. The average Bonchev–Trinajstić information content (AvgIpc) is 3.28. The first kappa shape index (κ1) is 21.0. The molecule has 0 atom stereocenters. The van der Waals surface area contributed by atoms with Crippen LogP contribution in [0.25, 0.3) is 21.8 Å². The fraction of sp³-hybridized carbons (Fsp3) is 0.167.